The van der Waals surface area contributed by atoms with Gasteiger partial charge >= 0.3 is 0 Å². The van der Waals surface area contributed by atoms with Crippen LogP contribution in [0.5, 0.6) is 0 Å². The van der Waals surface area contributed by atoms with Crippen LogP contribution in [0.15, 0.2) is 24.3 Å². The first-order valence-electron chi connectivity index (χ1n) is 7.99. The number of hydrogen-bond donors (Lipinski definition) is 1. The zero-order valence-corrected chi connectivity index (χ0v) is 13.7. The zero-order chi connectivity index (χ0) is 15.5. The second-order valence-electron chi connectivity index (χ2n) is 6.00. The summed E-state index contributed by atoms with van der Waals surface area (Å²) in [6.07, 6.45) is 0.901. The highest BCUT2D eigenvalue weighted by atomic mass is 15.2. The van der Waals surface area contributed by atoms with Crippen LogP contribution in [0.1, 0.15) is 28.2 Å². The van der Waals surface area contributed by atoms with Gasteiger partial charge in [0.15, 0.2) is 0 Å². The number of piperazine rings is 1. The van der Waals surface area contributed by atoms with Crippen LogP contribution in [0.25, 0.3) is 0 Å². The molecule has 0 spiro atoms. The molecule has 1 aliphatic heterocycles. The number of anilines is 1. The third kappa shape index (κ3) is 3.12. The molecule has 1 aromatic heterocycles. The van der Waals surface area contributed by atoms with Crippen LogP contribution >= 0.6 is 0 Å². The molecule has 2 aromatic rings. The number of aryl methyl sites for hydroxylation is 3. The van der Waals surface area contributed by atoms with E-state index in [0.717, 1.165) is 49.9 Å². The summed E-state index contributed by atoms with van der Waals surface area (Å²) in [7, 11) is 0. The molecule has 22 heavy (non-hydrogen) atoms. The minimum atomic E-state index is 0.861. The molecule has 0 aliphatic carbocycles. The van der Waals surface area contributed by atoms with E-state index in [1.165, 1.54) is 16.7 Å². The highest BCUT2D eigenvalue weighted by Crippen LogP contribution is 2.25. The van der Waals surface area contributed by atoms with Crippen molar-refractivity contribution >= 4 is 5.82 Å². The van der Waals surface area contributed by atoms with Gasteiger partial charge in [-0.3, -0.25) is 0 Å². The van der Waals surface area contributed by atoms with Crippen LogP contribution in [0.4, 0.5) is 5.82 Å². The normalized spacial score (nSPS) is 15.1. The van der Waals surface area contributed by atoms with Gasteiger partial charge < -0.3 is 10.2 Å². The average molecular weight is 296 g/mol. The molecular weight excluding hydrogens is 272 g/mol. The van der Waals surface area contributed by atoms with Gasteiger partial charge in [0.05, 0.1) is 0 Å². The highest BCUT2D eigenvalue weighted by molar-refractivity contribution is 5.52. The summed E-state index contributed by atoms with van der Waals surface area (Å²) in [4.78, 5) is 11.8. The molecule has 0 saturated carbocycles. The molecule has 116 valence electrons. The van der Waals surface area contributed by atoms with Gasteiger partial charge in [-0.15, -0.1) is 0 Å². The minimum Gasteiger partial charge on any atom is -0.354 e. The summed E-state index contributed by atoms with van der Waals surface area (Å²) in [6, 6.07) is 8.58. The van der Waals surface area contributed by atoms with Crippen molar-refractivity contribution in [2.24, 2.45) is 0 Å². The molecule has 0 radical (unpaired) electrons. The molecule has 1 aliphatic rings. The Balaban J connectivity index is 2.00. The largest absolute Gasteiger partial charge is 0.354 e. The topological polar surface area (TPSA) is 41.1 Å². The maximum Gasteiger partial charge on any atom is 0.136 e. The standard InChI is InChI=1S/C18H24N4/c1-13-6-4-5-7-16(13)12-17-14(2)20-15(3)21-18(17)22-10-8-19-9-11-22/h4-7,19H,8-12H2,1-3H3. The third-order valence-corrected chi connectivity index (χ3v) is 4.35. The Morgan fingerprint density at radius 3 is 2.50 bits per heavy atom. The highest BCUT2D eigenvalue weighted by Gasteiger charge is 2.19. The van der Waals surface area contributed by atoms with Crippen LogP contribution in [0.2, 0.25) is 0 Å². The summed E-state index contributed by atoms with van der Waals surface area (Å²) in [6.45, 7) is 10.3. The van der Waals surface area contributed by atoms with Crippen molar-refractivity contribution in [3.63, 3.8) is 0 Å². The second-order valence-corrected chi connectivity index (χ2v) is 6.00. The van der Waals surface area contributed by atoms with Gasteiger partial charge in [-0.05, 0) is 31.9 Å². The van der Waals surface area contributed by atoms with Crippen molar-refractivity contribution in [1.82, 2.24) is 15.3 Å². The van der Waals surface area contributed by atoms with Crippen LogP contribution in [0.3, 0.4) is 0 Å². The molecular formula is C18H24N4. The maximum absolute atomic E-state index is 4.77. The van der Waals surface area contributed by atoms with Gasteiger partial charge in [-0.2, -0.15) is 0 Å². The molecule has 0 unspecified atom stereocenters. The van der Waals surface area contributed by atoms with E-state index in [0.29, 0.717) is 0 Å². The van der Waals surface area contributed by atoms with E-state index >= 15 is 0 Å². The van der Waals surface area contributed by atoms with Crippen molar-refractivity contribution in [3.05, 3.63) is 52.5 Å². The molecule has 1 aromatic carbocycles. The van der Waals surface area contributed by atoms with Gasteiger partial charge in [0.1, 0.15) is 11.6 Å². The lowest BCUT2D eigenvalue weighted by atomic mass is 9.99. The summed E-state index contributed by atoms with van der Waals surface area (Å²) in [5, 5.41) is 3.41. The third-order valence-electron chi connectivity index (χ3n) is 4.35. The lowest BCUT2D eigenvalue weighted by Crippen LogP contribution is -2.44. The van der Waals surface area contributed by atoms with E-state index in [1.807, 2.05) is 6.92 Å². The summed E-state index contributed by atoms with van der Waals surface area (Å²) in [5.41, 5.74) is 5.05. The molecule has 0 atom stereocenters. The van der Waals surface area contributed by atoms with Crippen molar-refractivity contribution in [3.8, 4) is 0 Å². The Kier molecular flexibility index (Phi) is 4.39. The number of aromatic nitrogens is 2. The second kappa shape index (κ2) is 6.44. The van der Waals surface area contributed by atoms with Gasteiger partial charge in [0.25, 0.3) is 0 Å². The smallest absolute Gasteiger partial charge is 0.136 e. The SMILES string of the molecule is Cc1nc(C)c(Cc2ccccc2C)c(N2CCNCC2)n1. The number of nitrogens with zero attached hydrogens (tertiary/aromatic N) is 3. The van der Waals surface area contributed by atoms with Crippen LogP contribution < -0.4 is 10.2 Å². The fourth-order valence-corrected chi connectivity index (χ4v) is 3.06. The monoisotopic (exact) mass is 296 g/mol. The maximum atomic E-state index is 4.77. The van der Waals surface area contributed by atoms with E-state index in [9.17, 15) is 0 Å². The number of rotatable bonds is 3. The Labute approximate surface area is 132 Å². The molecule has 1 fully saturated rings. The molecule has 2 heterocycles. The first-order valence-corrected chi connectivity index (χ1v) is 7.99. The Hall–Kier alpha value is -1.94. The molecule has 0 amide bonds. The quantitative estimate of drug-likeness (QED) is 0.944. The average Bonchev–Trinajstić information content (AvgIpc) is 2.52. The molecule has 4 heteroatoms. The van der Waals surface area contributed by atoms with E-state index in [2.05, 4.69) is 53.3 Å². The van der Waals surface area contributed by atoms with Crippen molar-refractivity contribution in [1.29, 1.82) is 0 Å². The first kappa shape index (κ1) is 15.0. The van der Waals surface area contributed by atoms with Crippen molar-refractivity contribution in [2.45, 2.75) is 27.2 Å². The van der Waals surface area contributed by atoms with Crippen LogP contribution in [0, 0.1) is 20.8 Å². The predicted octanol–water partition coefficient (Wildman–Crippen LogP) is 2.40. The molecule has 1 saturated heterocycles. The Morgan fingerprint density at radius 1 is 1.05 bits per heavy atom. The van der Waals surface area contributed by atoms with Gasteiger partial charge in [-0.25, -0.2) is 9.97 Å². The van der Waals surface area contributed by atoms with Gasteiger partial charge in [0, 0.05) is 43.9 Å². The number of benzene rings is 1. The van der Waals surface area contributed by atoms with Gasteiger partial charge in [0.2, 0.25) is 0 Å². The fraction of sp³-hybridized carbons (Fsp3) is 0.444. The predicted molar refractivity (Wildman–Crippen MR) is 90.6 cm³/mol. The fourth-order valence-electron chi connectivity index (χ4n) is 3.06. The lowest BCUT2D eigenvalue weighted by Gasteiger charge is -2.30. The van der Waals surface area contributed by atoms with Crippen molar-refractivity contribution in [2.75, 3.05) is 31.1 Å². The van der Waals surface area contributed by atoms with Gasteiger partial charge in [-0.1, -0.05) is 24.3 Å². The molecule has 0 bridgehead atoms. The van der Waals surface area contributed by atoms with E-state index in [-0.39, 0.29) is 0 Å². The van der Waals surface area contributed by atoms with Crippen molar-refractivity contribution < 1.29 is 0 Å². The summed E-state index contributed by atoms with van der Waals surface area (Å²) >= 11 is 0. The minimum absolute atomic E-state index is 0.861. The van der Waals surface area contributed by atoms with Crippen LogP contribution in [-0.4, -0.2) is 36.1 Å². The molecule has 1 N–H and O–H groups in total. The van der Waals surface area contributed by atoms with E-state index in [4.69, 9.17) is 4.98 Å². The summed E-state index contributed by atoms with van der Waals surface area (Å²) < 4.78 is 0. The molecule has 3 rings (SSSR count). The first-order chi connectivity index (χ1) is 10.6. The number of hydrogen-bond acceptors (Lipinski definition) is 4. The lowest BCUT2D eigenvalue weighted by molar-refractivity contribution is 0.582. The zero-order valence-electron chi connectivity index (χ0n) is 13.7. The Bertz CT molecular complexity index is 660. The van der Waals surface area contributed by atoms with Crippen LogP contribution in [-0.2, 0) is 6.42 Å². The van der Waals surface area contributed by atoms with E-state index < -0.39 is 0 Å². The Morgan fingerprint density at radius 2 is 1.77 bits per heavy atom. The van der Waals surface area contributed by atoms with E-state index in [1.54, 1.807) is 0 Å². The summed E-state index contributed by atoms with van der Waals surface area (Å²) in [5.74, 6) is 1.98. The number of nitrogens with one attached hydrogen (secondary N) is 1. The molecule has 4 nitrogen and oxygen atoms in total.